The fraction of sp³-hybridized carbons (Fsp3) is 0.250. The van der Waals surface area contributed by atoms with Crippen LogP contribution in [0, 0.1) is 19.7 Å². The van der Waals surface area contributed by atoms with Gasteiger partial charge in [0, 0.05) is 16.1 Å². The molecule has 4 rings (SSSR count). The van der Waals surface area contributed by atoms with Gasteiger partial charge in [0.15, 0.2) is 0 Å². The Labute approximate surface area is 174 Å². The maximum Gasteiger partial charge on any atom is 0.143 e. The third kappa shape index (κ3) is 3.75. The molecule has 2 aromatic carbocycles. The van der Waals surface area contributed by atoms with Gasteiger partial charge in [-0.1, -0.05) is 44.2 Å². The van der Waals surface area contributed by atoms with Crippen LogP contribution in [-0.4, -0.2) is 9.97 Å². The summed E-state index contributed by atoms with van der Waals surface area (Å²) in [6, 6.07) is 15.0. The predicted molar refractivity (Wildman–Crippen MR) is 121 cm³/mol. The van der Waals surface area contributed by atoms with Gasteiger partial charge in [-0.3, -0.25) is 0 Å². The van der Waals surface area contributed by atoms with E-state index in [-0.39, 0.29) is 5.82 Å². The first-order valence-corrected chi connectivity index (χ1v) is 10.7. The van der Waals surface area contributed by atoms with E-state index in [0.717, 1.165) is 50.0 Å². The number of halogens is 1. The van der Waals surface area contributed by atoms with Gasteiger partial charge in [-0.15, -0.1) is 11.3 Å². The molecule has 4 aromatic rings. The van der Waals surface area contributed by atoms with Crippen LogP contribution in [0.5, 0.6) is 0 Å². The number of anilines is 2. The average Bonchev–Trinajstić information content (AvgIpc) is 3.04. The van der Waals surface area contributed by atoms with Crippen molar-refractivity contribution in [2.45, 2.75) is 40.0 Å². The highest BCUT2D eigenvalue weighted by molar-refractivity contribution is 7.19. The molecule has 0 radical (unpaired) electrons. The van der Waals surface area contributed by atoms with Gasteiger partial charge >= 0.3 is 0 Å². The van der Waals surface area contributed by atoms with Crippen LogP contribution in [0.2, 0.25) is 0 Å². The molecule has 0 saturated carbocycles. The Morgan fingerprint density at radius 1 is 1.03 bits per heavy atom. The van der Waals surface area contributed by atoms with Crippen LogP contribution >= 0.6 is 11.3 Å². The molecule has 5 heteroatoms. The highest BCUT2D eigenvalue weighted by Gasteiger charge is 2.19. The number of aryl methyl sites for hydroxylation is 2. The summed E-state index contributed by atoms with van der Waals surface area (Å²) in [6.07, 6.45) is 1.06. The number of rotatable bonds is 5. The van der Waals surface area contributed by atoms with E-state index in [1.165, 1.54) is 17.7 Å². The van der Waals surface area contributed by atoms with Crippen molar-refractivity contribution in [2.24, 2.45) is 0 Å². The van der Waals surface area contributed by atoms with Gasteiger partial charge in [0.05, 0.1) is 5.39 Å². The van der Waals surface area contributed by atoms with Crippen LogP contribution < -0.4 is 5.32 Å². The van der Waals surface area contributed by atoms with Crippen molar-refractivity contribution < 1.29 is 4.39 Å². The van der Waals surface area contributed by atoms with Crippen LogP contribution in [-0.2, 0) is 0 Å². The van der Waals surface area contributed by atoms with Gasteiger partial charge in [-0.05, 0) is 55.5 Å². The number of fused-ring (bicyclic) bond motifs is 1. The first-order valence-electron chi connectivity index (χ1n) is 9.87. The lowest BCUT2D eigenvalue weighted by Crippen LogP contribution is -2.03. The average molecular weight is 406 g/mol. The first kappa shape index (κ1) is 19.5. The van der Waals surface area contributed by atoms with Crippen molar-refractivity contribution in [1.29, 1.82) is 0 Å². The molecule has 0 spiro atoms. The molecule has 1 unspecified atom stereocenters. The van der Waals surface area contributed by atoms with E-state index in [0.29, 0.717) is 5.92 Å². The summed E-state index contributed by atoms with van der Waals surface area (Å²) in [7, 11) is 0. The van der Waals surface area contributed by atoms with Gasteiger partial charge in [-0.25, -0.2) is 14.4 Å². The first-order chi connectivity index (χ1) is 14.0. The molecule has 2 aromatic heterocycles. The Hall–Kier alpha value is -2.79. The zero-order valence-electron chi connectivity index (χ0n) is 17.1. The number of thiophene rings is 1. The lowest BCUT2D eigenvalue weighted by molar-refractivity contribution is 0.628. The van der Waals surface area contributed by atoms with Crippen LogP contribution in [0.25, 0.3) is 21.3 Å². The monoisotopic (exact) mass is 405 g/mol. The Kier molecular flexibility index (Phi) is 5.33. The third-order valence-corrected chi connectivity index (χ3v) is 6.33. The quantitative estimate of drug-likeness (QED) is 0.376. The number of hydrogen-bond acceptors (Lipinski definition) is 4. The Balaban J connectivity index is 1.91. The molecule has 0 bridgehead atoms. The third-order valence-electron chi connectivity index (χ3n) is 5.33. The normalized spacial score (nSPS) is 12.3. The minimum Gasteiger partial charge on any atom is -0.339 e. The molecule has 1 atom stereocenters. The lowest BCUT2D eigenvalue weighted by atomic mass is 9.96. The van der Waals surface area contributed by atoms with Crippen molar-refractivity contribution in [3.8, 4) is 11.1 Å². The molecule has 0 fully saturated rings. The van der Waals surface area contributed by atoms with E-state index in [4.69, 9.17) is 4.98 Å². The second-order valence-electron chi connectivity index (χ2n) is 7.36. The standard InChI is InChI=1S/C24H24FN3S/c1-5-14(2)19-8-6-7-9-20(19)28-23-22-21(17-10-12-18(25)13-11-17)15(3)29-24(22)27-16(4)26-23/h6-14H,5H2,1-4H3,(H,26,27,28). The Bertz CT molecular complexity index is 1160. The Morgan fingerprint density at radius 3 is 2.48 bits per heavy atom. The predicted octanol–water partition coefficient (Wildman–Crippen LogP) is 7.37. The fourth-order valence-electron chi connectivity index (χ4n) is 3.66. The topological polar surface area (TPSA) is 37.8 Å². The number of aromatic nitrogens is 2. The van der Waals surface area contributed by atoms with Gasteiger partial charge in [0.2, 0.25) is 0 Å². The van der Waals surface area contributed by atoms with Crippen LogP contribution in [0.15, 0.2) is 48.5 Å². The minimum absolute atomic E-state index is 0.237. The zero-order chi connectivity index (χ0) is 20.5. The maximum absolute atomic E-state index is 13.5. The number of hydrogen-bond donors (Lipinski definition) is 1. The fourth-order valence-corrected chi connectivity index (χ4v) is 4.75. The van der Waals surface area contributed by atoms with E-state index in [2.05, 4.69) is 49.3 Å². The molecule has 148 valence electrons. The Morgan fingerprint density at radius 2 is 1.76 bits per heavy atom. The SMILES string of the molecule is CCC(C)c1ccccc1Nc1nc(C)nc2sc(C)c(-c3ccc(F)cc3)c12. The van der Waals surface area contributed by atoms with Gasteiger partial charge in [-0.2, -0.15) is 0 Å². The smallest absolute Gasteiger partial charge is 0.143 e. The highest BCUT2D eigenvalue weighted by atomic mass is 32.1. The summed E-state index contributed by atoms with van der Waals surface area (Å²) in [6.45, 7) is 8.43. The number of nitrogens with one attached hydrogen (secondary N) is 1. The van der Waals surface area contributed by atoms with Crippen molar-refractivity contribution in [3.05, 3.63) is 70.6 Å². The van der Waals surface area contributed by atoms with E-state index in [1.54, 1.807) is 11.3 Å². The highest BCUT2D eigenvalue weighted by Crippen LogP contribution is 2.42. The van der Waals surface area contributed by atoms with Crippen molar-refractivity contribution in [3.63, 3.8) is 0 Å². The zero-order valence-corrected chi connectivity index (χ0v) is 17.9. The molecular formula is C24H24FN3S. The molecule has 0 saturated heterocycles. The molecule has 29 heavy (non-hydrogen) atoms. The molecule has 0 aliphatic heterocycles. The van der Waals surface area contributed by atoms with E-state index in [9.17, 15) is 4.39 Å². The summed E-state index contributed by atoms with van der Waals surface area (Å²) >= 11 is 1.65. The van der Waals surface area contributed by atoms with Gasteiger partial charge in [0.1, 0.15) is 22.3 Å². The van der Waals surface area contributed by atoms with Gasteiger partial charge in [0.25, 0.3) is 0 Å². The van der Waals surface area contributed by atoms with Crippen molar-refractivity contribution in [1.82, 2.24) is 9.97 Å². The second-order valence-corrected chi connectivity index (χ2v) is 8.56. The molecular weight excluding hydrogens is 381 g/mol. The van der Waals surface area contributed by atoms with Crippen LogP contribution in [0.3, 0.4) is 0 Å². The van der Waals surface area contributed by atoms with E-state index in [1.807, 2.05) is 25.1 Å². The van der Waals surface area contributed by atoms with Crippen molar-refractivity contribution >= 4 is 33.1 Å². The van der Waals surface area contributed by atoms with Crippen LogP contribution in [0.4, 0.5) is 15.9 Å². The lowest BCUT2D eigenvalue weighted by Gasteiger charge is -2.17. The number of nitrogens with zero attached hydrogens (tertiary/aromatic N) is 2. The summed E-state index contributed by atoms with van der Waals surface area (Å²) in [4.78, 5) is 11.5. The van der Waals surface area contributed by atoms with E-state index < -0.39 is 0 Å². The molecule has 2 heterocycles. The molecule has 1 N–H and O–H groups in total. The molecule has 3 nitrogen and oxygen atoms in total. The summed E-state index contributed by atoms with van der Waals surface area (Å²) in [5, 5.41) is 4.58. The molecule has 0 aliphatic carbocycles. The molecule has 0 amide bonds. The summed E-state index contributed by atoms with van der Waals surface area (Å²) in [5.74, 6) is 1.73. The minimum atomic E-state index is -0.237. The largest absolute Gasteiger partial charge is 0.339 e. The summed E-state index contributed by atoms with van der Waals surface area (Å²) < 4.78 is 13.5. The van der Waals surface area contributed by atoms with Crippen molar-refractivity contribution in [2.75, 3.05) is 5.32 Å². The second kappa shape index (κ2) is 7.91. The molecule has 0 aliphatic rings. The number of benzene rings is 2. The number of para-hydroxylation sites is 1. The maximum atomic E-state index is 13.5. The van der Waals surface area contributed by atoms with E-state index >= 15 is 0 Å². The summed E-state index contributed by atoms with van der Waals surface area (Å²) in [5.41, 5.74) is 4.37. The van der Waals surface area contributed by atoms with Gasteiger partial charge < -0.3 is 5.32 Å². The van der Waals surface area contributed by atoms with Crippen LogP contribution in [0.1, 0.15) is 42.5 Å².